The molecule has 6 heteroatoms. The third-order valence-corrected chi connectivity index (χ3v) is 5.95. The molecular weight excluding hydrogens is 288 g/mol. The number of benzene rings is 1. The average Bonchev–Trinajstić information content (AvgIpc) is 2.95. The van der Waals surface area contributed by atoms with Crippen LogP contribution in [0.4, 0.5) is 0 Å². The summed E-state index contributed by atoms with van der Waals surface area (Å²) in [5, 5.41) is 3.26. The van der Waals surface area contributed by atoms with E-state index in [2.05, 4.69) is 10.0 Å². The molecule has 0 unspecified atom stereocenters. The fourth-order valence-electron chi connectivity index (χ4n) is 3.12. The third-order valence-electron chi connectivity index (χ3n) is 4.43. The van der Waals surface area contributed by atoms with Crippen molar-refractivity contribution in [3.8, 4) is 5.75 Å². The van der Waals surface area contributed by atoms with Crippen LogP contribution in [0.1, 0.15) is 31.2 Å². The number of hydrogen-bond acceptors (Lipinski definition) is 4. The van der Waals surface area contributed by atoms with Gasteiger partial charge in [-0.1, -0.05) is 0 Å². The Kier molecular flexibility index (Phi) is 4.19. The zero-order valence-corrected chi connectivity index (χ0v) is 13.1. The molecule has 1 aliphatic heterocycles. The summed E-state index contributed by atoms with van der Waals surface area (Å²) in [6.07, 6.45) is 4.59. The molecule has 0 spiro atoms. The number of hydrogen-bond donors (Lipinski definition) is 2. The van der Waals surface area contributed by atoms with E-state index >= 15 is 0 Å². The number of fused-ring (bicyclic) bond motifs is 1. The van der Waals surface area contributed by atoms with Crippen LogP contribution < -0.4 is 14.8 Å². The lowest BCUT2D eigenvalue weighted by Gasteiger charge is -2.28. The van der Waals surface area contributed by atoms with Gasteiger partial charge >= 0.3 is 0 Å². The van der Waals surface area contributed by atoms with Gasteiger partial charge in [-0.05, 0) is 56.5 Å². The summed E-state index contributed by atoms with van der Waals surface area (Å²) >= 11 is 0. The van der Waals surface area contributed by atoms with E-state index in [1.807, 2.05) is 7.05 Å². The number of nitrogens with one attached hydrogen (secondary N) is 2. The van der Waals surface area contributed by atoms with E-state index in [1.165, 1.54) is 0 Å². The highest BCUT2D eigenvalue weighted by Crippen LogP contribution is 2.28. The highest BCUT2D eigenvalue weighted by atomic mass is 32.2. The van der Waals surface area contributed by atoms with Crippen LogP contribution in [0, 0.1) is 0 Å². The quantitative estimate of drug-likeness (QED) is 0.883. The van der Waals surface area contributed by atoms with Gasteiger partial charge in [0.25, 0.3) is 0 Å². The lowest BCUT2D eigenvalue weighted by Crippen LogP contribution is -2.41. The van der Waals surface area contributed by atoms with Crippen LogP contribution >= 0.6 is 0 Å². The monoisotopic (exact) mass is 310 g/mol. The van der Waals surface area contributed by atoms with Crippen molar-refractivity contribution in [2.45, 2.75) is 49.1 Å². The molecule has 2 N–H and O–H groups in total. The molecule has 1 aliphatic carbocycles. The Morgan fingerprint density at radius 3 is 2.57 bits per heavy atom. The molecule has 116 valence electrons. The summed E-state index contributed by atoms with van der Waals surface area (Å²) in [5.41, 5.74) is 0.983. The first-order valence-corrected chi connectivity index (χ1v) is 9.02. The maximum absolute atomic E-state index is 12.5. The second-order valence-corrected chi connectivity index (χ2v) is 7.54. The summed E-state index contributed by atoms with van der Waals surface area (Å²) in [7, 11) is -1.47. The zero-order chi connectivity index (χ0) is 14.9. The molecule has 1 saturated carbocycles. The SMILES string of the molecule is CNC1CCC(NS(=O)(=O)c2ccc3c(c2)CCO3)CC1. The first-order chi connectivity index (χ1) is 10.1. The van der Waals surface area contributed by atoms with Crippen LogP contribution in [-0.4, -0.2) is 34.2 Å². The summed E-state index contributed by atoms with van der Waals surface area (Å²) in [4.78, 5) is 0.350. The van der Waals surface area contributed by atoms with Crippen LogP contribution in [0.2, 0.25) is 0 Å². The van der Waals surface area contributed by atoms with Crippen LogP contribution in [0.15, 0.2) is 23.1 Å². The molecule has 1 fully saturated rings. The average molecular weight is 310 g/mol. The predicted octanol–water partition coefficient (Wildman–Crippen LogP) is 1.43. The second kappa shape index (κ2) is 5.94. The minimum atomic E-state index is -3.43. The van der Waals surface area contributed by atoms with Gasteiger partial charge in [0, 0.05) is 18.5 Å². The maximum atomic E-state index is 12.5. The van der Waals surface area contributed by atoms with Crippen molar-refractivity contribution in [2.75, 3.05) is 13.7 Å². The Balaban J connectivity index is 1.70. The van der Waals surface area contributed by atoms with Crippen molar-refractivity contribution in [2.24, 2.45) is 0 Å². The second-order valence-electron chi connectivity index (χ2n) is 5.83. The summed E-state index contributed by atoms with van der Waals surface area (Å²) in [6.45, 7) is 0.639. The van der Waals surface area contributed by atoms with Crippen molar-refractivity contribution < 1.29 is 13.2 Å². The van der Waals surface area contributed by atoms with Crippen LogP contribution in [0.3, 0.4) is 0 Å². The Morgan fingerprint density at radius 2 is 1.86 bits per heavy atom. The van der Waals surface area contributed by atoms with Crippen molar-refractivity contribution in [3.63, 3.8) is 0 Å². The van der Waals surface area contributed by atoms with Crippen molar-refractivity contribution in [3.05, 3.63) is 23.8 Å². The van der Waals surface area contributed by atoms with Crippen LogP contribution in [0.25, 0.3) is 0 Å². The molecule has 1 aromatic rings. The van der Waals surface area contributed by atoms with Crippen LogP contribution in [-0.2, 0) is 16.4 Å². The molecule has 0 aromatic heterocycles. The molecule has 3 rings (SSSR count). The Labute approximate surface area is 126 Å². The van der Waals surface area contributed by atoms with Gasteiger partial charge in [-0.15, -0.1) is 0 Å². The fraction of sp³-hybridized carbons (Fsp3) is 0.600. The first-order valence-electron chi connectivity index (χ1n) is 7.54. The first kappa shape index (κ1) is 14.8. The molecule has 2 aliphatic rings. The Hall–Kier alpha value is -1.11. The molecule has 1 aromatic carbocycles. The smallest absolute Gasteiger partial charge is 0.240 e. The minimum Gasteiger partial charge on any atom is -0.493 e. The van der Waals surface area contributed by atoms with E-state index in [-0.39, 0.29) is 6.04 Å². The standard InChI is InChI=1S/C15H22N2O3S/c1-16-12-2-4-13(5-3-12)17-21(18,19)14-6-7-15-11(10-14)8-9-20-15/h6-7,10,12-13,16-17H,2-5,8-9H2,1H3. The maximum Gasteiger partial charge on any atom is 0.240 e. The Morgan fingerprint density at radius 1 is 1.14 bits per heavy atom. The molecule has 1 heterocycles. The highest BCUT2D eigenvalue weighted by Gasteiger charge is 2.26. The minimum absolute atomic E-state index is 0.0455. The fourth-order valence-corrected chi connectivity index (χ4v) is 4.47. The third kappa shape index (κ3) is 3.22. The summed E-state index contributed by atoms with van der Waals surface area (Å²) in [5.74, 6) is 0.809. The van der Waals surface area contributed by atoms with Gasteiger partial charge in [0.1, 0.15) is 5.75 Å². The van der Waals surface area contributed by atoms with E-state index in [0.717, 1.165) is 43.4 Å². The lowest BCUT2D eigenvalue weighted by molar-refractivity contribution is 0.343. The molecule has 0 bridgehead atoms. The molecule has 21 heavy (non-hydrogen) atoms. The molecule has 0 saturated heterocycles. The summed E-state index contributed by atoms with van der Waals surface area (Å²) in [6, 6.07) is 5.69. The van der Waals surface area contributed by atoms with Crippen molar-refractivity contribution >= 4 is 10.0 Å². The van der Waals surface area contributed by atoms with Gasteiger partial charge in [0.2, 0.25) is 10.0 Å². The predicted molar refractivity (Wildman–Crippen MR) is 81.1 cm³/mol. The summed E-state index contributed by atoms with van der Waals surface area (Å²) < 4.78 is 33.2. The van der Waals surface area contributed by atoms with Gasteiger partial charge < -0.3 is 10.1 Å². The van der Waals surface area contributed by atoms with Crippen molar-refractivity contribution in [1.29, 1.82) is 0 Å². The lowest BCUT2D eigenvalue weighted by atomic mass is 9.92. The van der Waals surface area contributed by atoms with Gasteiger partial charge in [0.15, 0.2) is 0 Å². The van der Waals surface area contributed by atoms with Crippen LogP contribution in [0.5, 0.6) is 5.75 Å². The number of sulfonamides is 1. The van der Waals surface area contributed by atoms with Gasteiger partial charge in [-0.25, -0.2) is 13.1 Å². The number of ether oxygens (including phenoxy) is 1. The van der Waals surface area contributed by atoms with Gasteiger partial charge in [0.05, 0.1) is 11.5 Å². The normalized spacial score (nSPS) is 25.4. The largest absolute Gasteiger partial charge is 0.493 e. The molecule has 0 amide bonds. The molecule has 0 radical (unpaired) electrons. The van der Waals surface area contributed by atoms with Gasteiger partial charge in [-0.3, -0.25) is 0 Å². The molecule has 5 nitrogen and oxygen atoms in total. The van der Waals surface area contributed by atoms with E-state index in [4.69, 9.17) is 4.74 Å². The van der Waals surface area contributed by atoms with Gasteiger partial charge in [-0.2, -0.15) is 0 Å². The molecule has 0 atom stereocenters. The van der Waals surface area contributed by atoms with E-state index in [1.54, 1.807) is 18.2 Å². The van der Waals surface area contributed by atoms with E-state index < -0.39 is 10.0 Å². The number of rotatable bonds is 4. The van der Waals surface area contributed by atoms with Crippen molar-refractivity contribution in [1.82, 2.24) is 10.0 Å². The Bertz CT molecular complexity index is 607. The highest BCUT2D eigenvalue weighted by molar-refractivity contribution is 7.89. The zero-order valence-electron chi connectivity index (χ0n) is 12.3. The van der Waals surface area contributed by atoms with E-state index in [0.29, 0.717) is 17.5 Å². The topological polar surface area (TPSA) is 67.4 Å². The van der Waals surface area contributed by atoms with E-state index in [9.17, 15) is 8.42 Å². The molecular formula is C15H22N2O3S.